The zero-order valence-electron chi connectivity index (χ0n) is 13.3. The number of halogens is 4. The molecule has 0 atom stereocenters. The highest BCUT2D eigenvalue weighted by Crippen LogP contribution is 2.38. The van der Waals surface area contributed by atoms with Gasteiger partial charge in [-0.05, 0) is 47.5 Å². The van der Waals surface area contributed by atoms with Gasteiger partial charge in [-0.3, -0.25) is 0 Å². The Labute approximate surface area is 152 Å². The van der Waals surface area contributed by atoms with Crippen LogP contribution in [0.2, 0.25) is 0 Å². The number of allylic oxidation sites excluding steroid dienone is 1. The van der Waals surface area contributed by atoms with Crippen LogP contribution in [0.1, 0.15) is 16.7 Å². The van der Waals surface area contributed by atoms with E-state index in [0.717, 1.165) is 11.1 Å². The minimum atomic E-state index is -5.00. The zero-order valence-corrected chi connectivity index (χ0v) is 15.7. The Morgan fingerprint density at radius 3 is 1.80 bits per heavy atom. The average molecular weight is 435 g/mol. The summed E-state index contributed by atoms with van der Waals surface area (Å²) in [6, 6.07) is 11.4. The van der Waals surface area contributed by atoms with Gasteiger partial charge in [0.05, 0.1) is 4.48 Å². The van der Waals surface area contributed by atoms with E-state index in [1.807, 2.05) is 0 Å². The van der Waals surface area contributed by atoms with E-state index in [9.17, 15) is 21.6 Å². The lowest BCUT2D eigenvalue weighted by atomic mass is 10.1. The Morgan fingerprint density at radius 2 is 1.36 bits per heavy atom. The Morgan fingerprint density at radius 1 is 0.920 bits per heavy atom. The van der Waals surface area contributed by atoms with Crippen LogP contribution in [0.5, 0.6) is 0 Å². The van der Waals surface area contributed by atoms with E-state index in [0.29, 0.717) is 0 Å². The molecule has 0 fully saturated rings. The second kappa shape index (κ2) is 7.21. The van der Waals surface area contributed by atoms with Crippen LogP contribution >= 0.6 is 15.9 Å². The first kappa shape index (κ1) is 19.5. The van der Waals surface area contributed by atoms with E-state index in [4.69, 9.17) is 0 Å². The summed E-state index contributed by atoms with van der Waals surface area (Å²) >= 11 is 2.82. The molecule has 0 aromatic heterocycles. The van der Waals surface area contributed by atoms with Gasteiger partial charge in [-0.15, -0.1) is 0 Å². The van der Waals surface area contributed by atoms with E-state index in [-0.39, 0.29) is 10.5 Å². The van der Waals surface area contributed by atoms with Crippen molar-refractivity contribution in [2.75, 3.05) is 0 Å². The molecule has 0 heterocycles. The summed E-state index contributed by atoms with van der Waals surface area (Å²) < 4.78 is 68.5. The number of alkyl halides is 3. The summed E-state index contributed by atoms with van der Waals surface area (Å²) in [7, 11) is -4.63. The first-order chi connectivity index (χ1) is 11.5. The first-order valence-corrected chi connectivity index (χ1v) is 9.26. The highest BCUT2D eigenvalue weighted by Gasteiger charge is 2.42. The van der Waals surface area contributed by atoms with Crippen LogP contribution in [0, 0.1) is 13.8 Å². The maximum atomic E-state index is 13.4. The van der Waals surface area contributed by atoms with Crippen molar-refractivity contribution < 1.29 is 25.8 Å². The smallest absolute Gasteiger partial charge is 0.372 e. The molecule has 0 aliphatic heterocycles. The molecule has 2 aromatic rings. The van der Waals surface area contributed by atoms with Crippen LogP contribution in [-0.2, 0) is 14.3 Å². The average Bonchev–Trinajstić information content (AvgIpc) is 2.52. The zero-order chi connectivity index (χ0) is 18.8. The quantitative estimate of drug-likeness (QED) is 0.482. The molecule has 0 N–H and O–H groups in total. The van der Waals surface area contributed by atoms with E-state index < -0.39 is 26.5 Å². The van der Waals surface area contributed by atoms with Crippen LogP contribution in [0.3, 0.4) is 0 Å². The third-order valence-electron chi connectivity index (χ3n) is 3.26. The van der Waals surface area contributed by atoms with Gasteiger partial charge in [-0.25, -0.2) is 0 Å². The normalized spacial score (nSPS) is 13.4. The van der Waals surface area contributed by atoms with E-state index in [1.54, 1.807) is 26.0 Å². The predicted octanol–water partition coefficient (Wildman–Crippen LogP) is 5.33. The van der Waals surface area contributed by atoms with Crippen molar-refractivity contribution in [3.8, 4) is 0 Å². The Balaban J connectivity index is 2.50. The predicted molar refractivity (Wildman–Crippen MR) is 92.5 cm³/mol. The van der Waals surface area contributed by atoms with Gasteiger partial charge in [0.2, 0.25) is 5.76 Å². The van der Waals surface area contributed by atoms with Gasteiger partial charge in [0.15, 0.2) is 0 Å². The second-order valence-corrected chi connectivity index (χ2v) is 7.70. The number of hydrogen-bond donors (Lipinski definition) is 0. The van der Waals surface area contributed by atoms with Gasteiger partial charge in [-0.2, -0.15) is 21.6 Å². The monoisotopic (exact) mass is 434 g/mol. The fourth-order valence-electron chi connectivity index (χ4n) is 1.90. The van der Waals surface area contributed by atoms with E-state index in [2.05, 4.69) is 20.1 Å². The van der Waals surface area contributed by atoms with Crippen LogP contribution in [0.25, 0.3) is 4.48 Å². The van der Waals surface area contributed by atoms with E-state index in [1.165, 1.54) is 36.4 Å². The van der Waals surface area contributed by atoms with Crippen molar-refractivity contribution in [1.82, 2.24) is 0 Å². The Hall–Kier alpha value is -1.80. The van der Waals surface area contributed by atoms with Gasteiger partial charge >= 0.3 is 16.3 Å². The van der Waals surface area contributed by atoms with Gasteiger partial charge in [0, 0.05) is 0 Å². The highest BCUT2D eigenvalue weighted by molar-refractivity contribution is 9.15. The van der Waals surface area contributed by atoms with Crippen molar-refractivity contribution in [1.29, 1.82) is 0 Å². The number of aryl methyl sites for hydroxylation is 2. The SMILES string of the molecule is Cc1ccc(/C(Br)=C(/OS(=O)(=O)c2ccc(C)cc2)C(F)(F)F)cc1. The first-order valence-electron chi connectivity index (χ1n) is 7.06. The molecule has 0 bridgehead atoms. The van der Waals surface area contributed by atoms with Crippen molar-refractivity contribution in [2.45, 2.75) is 24.9 Å². The van der Waals surface area contributed by atoms with Crippen LogP contribution in [0.4, 0.5) is 13.2 Å². The summed E-state index contributed by atoms with van der Waals surface area (Å²) in [5.41, 5.74) is 1.77. The molecule has 8 heteroatoms. The molecule has 134 valence electrons. The molecular weight excluding hydrogens is 421 g/mol. The lowest BCUT2D eigenvalue weighted by molar-refractivity contribution is -0.114. The molecular formula is C17H14BrF3O3S. The number of hydrogen-bond acceptors (Lipinski definition) is 3. The lowest BCUT2D eigenvalue weighted by Crippen LogP contribution is -2.19. The summed E-state index contributed by atoms with van der Waals surface area (Å²) in [4.78, 5) is -0.357. The molecule has 2 rings (SSSR count). The number of benzene rings is 2. The molecule has 0 aliphatic rings. The molecule has 0 unspecified atom stereocenters. The highest BCUT2D eigenvalue weighted by atomic mass is 79.9. The molecule has 3 nitrogen and oxygen atoms in total. The molecule has 0 amide bonds. The van der Waals surface area contributed by atoms with Gasteiger partial charge in [0.25, 0.3) is 0 Å². The minimum absolute atomic E-state index is 0.150. The van der Waals surface area contributed by atoms with Gasteiger partial charge in [-0.1, -0.05) is 47.5 Å². The molecule has 0 saturated carbocycles. The largest absolute Gasteiger partial charge is 0.451 e. The summed E-state index contributed by atoms with van der Waals surface area (Å²) in [5.74, 6) is -1.63. The topological polar surface area (TPSA) is 43.4 Å². The fraction of sp³-hybridized carbons (Fsp3) is 0.176. The Bertz CT molecular complexity index is 884. The maximum absolute atomic E-state index is 13.4. The third-order valence-corrected chi connectivity index (χ3v) is 5.32. The summed E-state index contributed by atoms with van der Waals surface area (Å²) in [6.07, 6.45) is -5.00. The fourth-order valence-corrected chi connectivity index (χ4v) is 3.54. The van der Waals surface area contributed by atoms with Crippen LogP contribution in [0.15, 0.2) is 59.2 Å². The molecule has 0 aliphatic carbocycles. The van der Waals surface area contributed by atoms with Gasteiger partial charge in [0.1, 0.15) is 4.90 Å². The van der Waals surface area contributed by atoms with Crippen molar-refractivity contribution in [3.05, 3.63) is 71.0 Å². The minimum Gasteiger partial charge on any atom is -0.372 e. The maximum Gasteiger partial charge on any atom is 0.451 e. The van der Waals surface area contributed by atoms with Crippen molar-refractivity contribution >= 4 is 30.5 Å². The number of rotatable bonds is 4. The molecule has 2 aromatic carbocycles. The Kier molecular flexibility index (Phi) is 5.63. The summed E-state index contributed by atoms with van der Waals surface area (Å²) in [6.45, 7) is 3.51. The molecule has 0 saturated heterocycles. The van der Waals surface area contributed by atoms with Crippen molar-refractivity contribution in [2.24, 2.45) is 0 Å². The van der Waals surface area contributed by atoms with Crippen LogP contribution in [-0.4, -0.2) is 14.6 Å². The van der Waals surface area contributed by atoms with Crippen LogP contribution < -0.4 is 0 Å². The van der Waals surface area contributed by atoms with Gasteiger partial charge < -0.3 is 4.18 Å². The molecule has 0 radical (unpaired) electrons. The molecule has 0 spiro atoms. The molecule has 25 heavy (non-hydrogen) atoms. The lowest BCUT2D eigenvalue weighted by Gasteiger charge is -2.16. The summed E-state index contributed by atoms with van der Waals surface area (Å²) in [5, 5.41) is 0. The third kappa shape index (κ3) is 4.85. The van der Waals surface area contributed by atoms with Crippen molar-refractivity contribution in [3.63, 3.8) is 0 Å². The van der Waals surface area contributed by atoms with E-state index >= 15 is 0 Å². The standard InChI is InChI=1S/C17H14BrF3O3S/c1-11-3-7-13(8-4-11)15(18)16(17(19,20)21)24-25(22,23)14-9-5-12(2)6-10-14/h3-10H,1-2H3/b16-15-. The second-order valence-electron chi connectivity index (χ2n) is 5.36.